The van der Waals surface area contributed by atoms with Crippen LogP contribution in [0.2, 0.25) is 0 Å². The first-order valence-electron chi connectivity index (χ1n) is 12.8. The van der Waals surface area contributed by atoms with E-state index in [0.717, 1.165) is 32.6 Å². The zero-order valence-corrected chi connectivity index (χ0v) is 24.1. The van der Waals surface area contributed by atoms with E-state index < -0.39 is 9.84 Å². The van der Waals surface area contributed by atoms with Crippen molar-refractivity contribution in [3.05, 3.63) is 101 Å². The number of nitrogens with zero attached hydrogens (tertiary/aromatic N) is 6. The van der Waals surface area contributed by atoms with Crippen LogP contribution in [0.25, 0.3) is 21.5 Å². The number of hydrogen-bond acceptors (Lipinski definition) is 10. The van der Waals surface area contributed by atoms with Gasteiger partial charge in [-0.3, -0.25) is 0 Å². The molecule has 12 heteroatoms. The van der Waals surface area contributed by atoms with Gasteiger partial charge in [0, 0.05) is 11.3 Å². The highest BCUT2D eigenvalue weighted by molar-refractivity contribution is 7.90. The van der Waals surface area contributed by atoms with Crippen LogP contribution in [0.15, 0.2) is 89.3 Å². The van der Waals surface area contributed by atoms with Crippen LogP contribution in [0.5, 0.6) is 11.6 Å². The fraction of sp³-hybridized carbons (Fsp3) is 0.100. The van der Waals surface area contributed by atoms with Crippen molar-refractivity contribution >= 4 is 43.0 Å². The Balaban J connectivity index is 1.21. The van der Waals surface area contributed by atoms with Gasteiger partial charge in [0.1, 0.15) is 22.0 Å². The van der Waals surface area contributed by atoms with Crippen molar-refractivity contribution in [1.82, 2.24) is 25.0 Å². The van der Waals surface area contributed by atoms with Gasteiger partial charge < -0.3 is 10.1 Å². The molecule has 3 aromatic heterocycles. The van der Waals surface area contributed by atoms with Crippen LogP contribution in [0.4, 0.5) is 11.6 Å². The van der Waals surface area contributed by atoms with Crippen LogP contribution < -0.4 is 10.1 Å². The summed E-state index contributed by atoms with van der Waals surface area (Å²) in [5.41, 5.74) is 5.06. The van der Waals surface area contributed by atoms with E-state index in [1.54, 1.807) is 48.7 Å². The minimum absolute atomic E-state index is 0.232. The van der Waals surface area contributed by atoms with E-state index in [4.69, 9.17) is 4.74 Å². The zero-order valence-electron chi connectivity index (χ0n) is 22.5. The van der Waals surface area contributed by atoms with Crippen molar-refractivity contribution in [2.45, 2.75) is 24.6 Å². The maximum atomic E-state index is 12.7. The number of anilines is 2. The number of sulfone groups is 1. The van der Waals surface area contributed by atoms with Gasteiger partial charge in [-0.1, -0.05) is 35.5 Å². The monoisotopic (exact) mass is 593 g/mol. The Hall–Kier alpha value is -5.12. The summed E-state index contributed by atoms with van der Waals surface area (Å²) >= 11 is 1.49. The van der Waals surface area contributed by atoms with Crippen molar-refractivity contribution in [3.63, 3.8) is 0 Å². The van der Waals surface area contributed by atoms with E-state index in [-0.39, 0.29) is 10.8 Å². The average Bonchev–Trinajstić information content (AvgIpc) is 3.65. The molecular formula is C30H23N7O3S2. The molecule has 3 aromatic carbocycles. The molecule has 0 aliphatic carbocycles. The minimum atomic E-state index is -3.55. The van der Waals surface area contributed by atoms with Crippen molar-refractivity contribution in [3.8, 4) is 29.0 Å². The standard InChI is InChI=1S/C30H23N7O3S2/c1-19-14-21(16-31)15-20(2)27(19)40-29-28-25(12-13-41-28)33-30(34-29)32-23-10-8-22(9-11-23)26-17-37(36-35-26)18-42(38,39)24-6-4-3-5-7-24/h3-15,17H,18H2,1-2H3,(H,32,33,34). The molecule has 3 heterocycles. The van der Waals surface area contributed by atoms with E-state index >= 15 is 0 Å². The van der Waals surface area contributed by atoms with Crippen LogP contribution in [-0.2, 0) is 15.7 Å². The predicted octanol–water partition coefficient (Wildman–Crippen LogP) is 6.41. The lowest BCUT2D eigenvalue weighted by Crippen LogP contribution is -2.11. The number of ether oxygens (including phenoxy) is 1. The third-order valence-corrected chi connectivity index (χ3v) is 8.93. The molecule has 0 bridgehead atoms. The summed E-state index contributed by atoms with van der Waals surface area (Å²) < 4.78 is 33.8. The lowest BCUT2D eigenvalue weighted by Gasteiger charge is -2.13. The molecule has 0 unspecified atom stereocenters. The Kier molecular flexibility index (Phi) is 7.12. The van der Waals surface area contributed by atoms with Gasteiger partial charge in [0.25, 0.3) is 0 Å². The van der Waals surface area contributed by atoms with Crippen molar-refractivity contribution in [1.29, 1.82) is 5.26 Å². The Labute approximate surface area is 245 Å². The molecule has 0 spiro atoms. The molecule has 0 atom stereocenters. The first-order valence-corrected chi connectivity index (χ1v) is 15.3. The summed E-state index contributed by atoms with van der Waals surface area (Å²) in [5.74, 6) is 1.14. The summed E-state index contributed by atoms with van der Waals surface area (Å²) in [6, 6.07) is 23.3. The highest BCUT2D eigenvalue weighted by atomic mass is 32.2. The summed E-state index contributed by atoms with van der Waals surface area (Å²) in [5, 5.41) is 22.6. The predicted molar refractivity (Wildman–Crippen MR) is 160 cm³/mol. The number of fused-ring (bicyclic) bond motifs is 1. The number of nitriles is 1. The fourth-order valence-corrected chi connectivity index (χ4v) is 6.41. The Morgan fingerprint density at radius 2 is 1.74 bits per heavy atom. The quantitative estimate of drug-likeness (QED) is 0.212. The highest BCUT2D eigenvalue weighted by Crippen LogP contribution is 2.36. The zero-order chi connectivity index (χ0) is 29.3. The van der Waals surface area contributed by atoms with Gasteiger partial charge in [-0.2, -0.15) is 10.2 Å². The number of nitrogens with one attached hydrogen (secondary N) is 1. The fourth-order valence-electron chi connectivity index (χ4n) is 4.46. The molecule has 42 heavy (non-hydrogen) atoms. The first kappa shape index (κ1) is 27.1. The number of benzene rings is 3. The molecule has 0 saturated carbocycles. The van der Waals surface area contributed by atoms with Crippen molar-refractivity contribution < 1.29 is 13.2 Å². The summed E-state index contributed by atoms with van der Waals surface area (Å²) in [4.78, 5) is 9.51. The van der Waals surface area contributed by atoms with E-state index in [0.29, 0.717) is 28.8 Å². The van der Waals surface area contributed by atoms with Gasteiger partial charge >= 0.3 is 0 Å². The number of rotatable bonds is 8. The van der Waals surface area contributed by atoms with Gasteiger partial charge in [-0.15, -0.1) is 16.4 Å². The van der Waals surface area contributed by atoms with E-state index in [1.165, 1.54) is 16.0 Å². The van der Waals surface area contributed by atoms with Gasteiger partial charge in [0.05, 0.1) is 28.2 Å². The van der Waals surface area contributed by atoms with Crippen LogP contribution >= 0.6 is 11.3 Å². The number of aromatic nitrogens is 5. The van der Waals surface area contributed by atoms with Gasteiger partial charge in [0.2, 0.25) is 11.8 Å². The molecule has 0 aliphatic rings. The molecule has 1 N–H and O–H groups in total. The Morgan fingerprint density at radius 3 is 2.45 bits per heavy atom. The average molecular weight is 594 g/mol. The smallest absolute Gasteiger partial charge is 0.242 e. The third kappa shape index (κ3) is 5.56. The number of hydrogen-bond donors (Lipinski definition) is 1. The summed E-state index contributed by atoms with van der Waals surface area (Å²) in [6.07, 6.45) is 1.60. The minimum Gasteiger partial charge on any atom is -0.437 e. The molecule has 0 radical (unpaired) electrons. The third-order valence-electron chi connectivity index (χ3n) is 6.44. The van der Waals surface area contributed by atoms with E-state index in [1.807, 2.05) is 49.6 Å². The molecule has 0 saturated heterocycles. The normalized spacial score (nSPS) is 11.4. The maximum absolute atomic E-state index is 12.7. The molecule has 10 nitrogen and oxygen atoms in total. The largest absolute Gasteiger partial charge is 0.437 e. The number of aryl methyl sites for hydroxylation is 2. The lowest BCUT2D eigenvalue weighted by molar-refractivity contribution is 0.463. The van der Waals surface area contributed by atoms with Crippen LogP contribution in [0.1, 0.15) is 16.7 Å². The van der Waals surface area contributed by atoms with Crippen LogP contribution in [0.3, 0.4) is 0 Å². The molecule has 6 rings (SSSR count). The Morgan fingerprint density at radius 1 is 1.00 bits per heavy atom. The molecule has 208 valence electrons. The summed E-state index contributed by atoms with van der Waals surface area (Å²) in [7, 11) is -3.55. The van der Waals surface area contributed by atoms with Crippen molar-refractivity contribution in [2.75, 3.05) is 5.32 Å². The molecule has 6 aromatic rings. The molecule has 0 amide bonds. The Bertz CT molecular complexity index is 2040. The van der Waals surface area contributed by atoms with Gasteiger partial charge in [-0.05, 0) is 72.8 Å². The molecular weight excluding hydrogens is 571 g/mol. The topological polar surface area (TPSA) is 136 Å². The first-order chi connectivity index (χ1) is 20.3. The number of thiophene rings is 1. The van der Waals surface area contributed by atoms with E-state index in [2.05, 4.69) is 31.7 Å². The van der Waals surface area contributed by atoms with Gasteiger partial charge in [-0.25, -0.2) is 18.1 Å². The molecule has 0 fully saturated rings. The second kappa shape index (κ2) is 11.0. The summed E-state index contributed by atoms with van der Waals surface area (Å²) in [6.45, 7) is 3.80. The van der Waals surface area contributed by atoms with Crippen LogP contribution in [0, 0.1) is 25.2 Å². The second-order valence-electron chi connectivity index (χ2n) is 9.54. The molecule has 0 aliphatic heterocycles. The van der Waals surface area contributed by atoms with Crippen LogP contribution in [-0.4, -0.2) is 33.4 Å². The second-order valence-corrected chi connectivity index (χ2v) is 12.4. The van der Waals surface area contributed by atoms with Gasteiger partial charge in [0.15, 0.2) is 9.84 Å². The van der Waals surface area contributed by atoms with E-state index in [9.17, 15) is 13.7 Å². The SMILES string of the molecule is Cc1cc(C#N)cc(C)c1Oc1nc(Nc2ccc(-c3cn(CS(=O)(=O)c4ccccc4)nn3)cc2)nc2ccsc12. The lowest BCUT2D eigenvalue weighted by atomic mass is 10.1. The van der Waals surface area contributed by atoms with Crippen molar-refractivity contribution in [2.24, 2.45) is 0 Å². The highest BCUT2D eigenvalue weighted by Gasteiger charge is 2.17. The maximum Gasteiger partial charge on any atom is 0.242 e.